The molecule has 0 heterocycles. The van der Waals surface area contributed by atoms with Crippen LogP contribution < -0.4 is 5.32 Å². The average molecular weight is 191 g/mol. The summed E-state index contributed by atoms with van der Waals surface area (Å²) in [5.41, 5.74) is 2.79. The lowest BCUT2D eigenvalue weighted by molar-refractivity contribution is 0.537. The Morgan fingerprint density at radius 1 is 1.21 bits per heavy atom. The van der Waals surface area contributed by atoms with Crippen molar-refractivity contribution in [1.29, 1.82) is 0 Å². The van der Waals surface area contributed by atoms with Gasteiger partial charge >= 0.3 is 0 Å². The molecule has 1 rings (SSSR count). The molecular formula is C13H21N. The van der Waals surface area contributed by atoms with Crippen LogP contribution in [0.2, 0.25) is 0 Å². The predicted molar refractivity (Wildman–Crippen MR) is 62.3 cm³/mol. The third kappa shape index (κ3) is 3.93. The van der Waals surface area contributed by atoms with Gasteiger partial charge in [0.15, 0.2) is 0 Å². The molecule has 0 aliphatic heterocycles. The monoisotopic (exact) mass is 191 g/mol. The van der Waals surface area contributed by atoms with Crippen molar-refractivity contribution in [3.05, 3.63) is 35.4 Å². The van der Waals surface area contributed by atoms with Gasteiger partial charge in [-0.2, -0.15) is 0 Å². The largest absolute Gasteiger partial charge is 0.313 e. The van der Waals surface area contributed by atoms with Crippen LogP contribution in [0.5, 0.6) is 0 Å². The first kappa shape index (κ1) is 11.3. The summed E-state index contributed by atoms with van der Waals surface area (Å²) in [5, 5.41) is 3.47. The van der Waals surface area contributed by atoms with Crippen molar-refractivity contribution in [2.45, 2.75) is 33.7 Å². The SMILES string of the molecule is Cc1ccccc1CNCCC(C)C. The van der Waals surface area contributed by atoms with Gasteiger partial charge in [-0.3, -0.25) is 0 Å². The molecule has 1 aromatic carbocycles. The van der Waals surface area contributed by atoms with Crippen molar-refractivity contribution in [3.8, 4) is 0 Å². The first-order valence-corrected chi connectivity index (χ1v) is 5.45. The van der Waals surface area contributed by atoms with Crippen molar-refractivity contribution in [2.75, 3.05) is 6.54 Å². The van der Waals surface area contributed by atoms with Crippen LogP contribution in [0.3, 0.4) is 0 Å². The topological polar surface area (TPSA) is 12.0 Å². The highest BCUT2D eigenvalue weighted by Gasteiger charge is 1.96. The summed E-state index contributed by atoms with van der Waals surface area (Å²) in [7, 11) is 0. The van der Waals surface area contributed by atoms with Gasteiger partial charge in [0.05, 0.1) is 0 Å². The molecule has 1 aromatic rings. The fourth-order valence-corrected chi connectivity index (χ4v) is 1.42. The molecule has 78 valence electrons. The zero-order valence-electron chi connectivity index (χ0n) is 9.51. The molecular weight excluding hydrogens is 170 g/mol. The molecule has 0 saturated carbocycles. The number of aryl methyl sites for hydroxylation is 1. The summed E-state index contributed by atoms with van der Waals surface area (Å²) < 4.78 is 0. The smallest absolute Gasteiger partial charge is 0.0208 e. The summed E-state index contributed by atoms with van der Waals surface area (Å²) >= 11 is 0. The minimum atomic E-state index is 0.791. The first-order valence-electron chi connectivity index (χ1n) is 5.45. The van der Waals surface area contributed by atoms with Gasteiger partial charge in [0.1, 0.15) is 0 Å². The minimum Gasteiger partial charge on any atom is -0.313 e. The lowest BCUT2D eigenvalue weighted by Gasteiger charge is -2.08. The maximum atomic E-state index is 3.47. The van der Waals surface area contributed by atoms with E-state index in [1.54, 1.807) is 0 Å². The van der Waals surface area contributed by atoms with Crippen LogP contribution in [0.1, 0.15) is 31.4 Å². The van der Waals surface area contributed by atoms with Crippen LogP contribution in [0.25, 0.3) is 0 Å². The third-order valence-electron chi connectivity index (χ3n) is 2.48. The van der Waals surface area contributed by atoms with E-state index in [-0.39, 0.29) is 0 Å². The Balaban J connectivity index is 2.28. The molecule has 1 nitrogen and oxygen atoms in total. The van der Waals surface area contributed by atoms with Crippen LogP contribution in [-0.2, 0) is 6.54 Å². The highest BCUT2D eigenvalue weighted by Crippen LogP contribution is 2.06. The molecule has 0 atom stereocenters. The molecule has 0 spiro atoms. The molecule has 0 aromatic heterocycles. The van der Waals surface area contributed by atoms with E-state index in [2.05, 4.69) is 50.4 Å². The van der Waals surface area contributed by atoms with Crippen LogP contribution in [0.15, 0.2) is 24.3 Å². The normalized spacial score (nSPS) is 10.9. The molecule has 0 fully saturated rings. The number of hydrogen-bond acceptors (Lipinski definition) is 1. The molecule has 0 unspecified atom stereocenters. The van der Waals surface area contributed by atoms with Gasteiger partial charge in [0, 0.05) is 6.54 Å². The Kier molecular flexibility index (Phi) is 4.68. The van der Waals surface area contributed by atoms with Gasteiger partial charge in [-0.25, -0.2) is 0 Å². The summed E-state index contributed by atoms with van der Waals surface area (Å²) in [5.74, 6) is 0.791. The number of rotatable bonds is 5. The molecule has 0 bridgehead atoms. The maximum Gasteiger partial charge on any atom is 0.0208 e. The Morgan fingerprint density at radius 3 is 2.57 bits per heavy atom. The Bertz CT molecular complexity index is 266. The highest BCUT2D eigenvalue weighted by molar-refractivity contribution is 5.25. The molecule has 1 N–H and O–H groups in total. The van der Waals surface area contributed by atoms with E-state index in [1.807, 2.05) is 0 Å². The van der Waals surface area contributed by atoms with Crippen LogP contribution >= 0.6 is 0 Å². The second-order valence-electron chi connectivity index (χ2n) is 4.29. The quantitative estimate of drug-likeness (QED) is 0.705. The zero-order valence-corrected chi connectivity index (χ0v) is 9.51. The van der Waals surface area contributed by atoms with Gasteiger partial charge in [-0.05, 0) is 36.9 Å². The highest BCUT2D eigenvalue weighted by atomic mass is 14.8. The standard InChI is InChI=1S/C13H21N/c1-11(2)8-9-14-10-13-7-5-4-6-12(13)3/h4-7,11,14H,8-10H2,1-3H3. The van der Waals surface area contributed by atoms with Crippen molar-refractivity contribution in [2.24, 2.45) is 5.92 Å². The maximum absolute atomic E-state index is 3.47. The molecule has 0 aliphatic rings. The zero-order chi connectivity index (χ0) is 10.4. The van der Waals surface area contributed by atoms with E-state index in [0.29, 0.717) is 0 Å². The minimum absolute atomic E-state index is 0.791. The van der Waals surface area contributed by atoms with Gasteiger partial charge in [-0.1, -0.05) is 38.1 Å². The molecule has 14 heavy (non-hydrogen) atoms. The van der Waals surface area contributed by atoms with E-state index in [1.165, 1.54) is 17.5 Å². The summed E-state index contributed by atoms with van der Waals surface area (Å²) in [6.45, 7) is 8.80. The van der Waals surface area contributed by atoms with Crippen molar-refractivity contribution >= 4 is 0 Å². The molecule has 0 aliphatic carbocycles. The Morgan fingerprint density at radius 2 is 1.93 bits per heavy atom. The fraction of sp³-hybridized carbons (Fsp3) is 0.538. The van der Waals surface area contributed by atoms with E-state index in [4.69, 9.17) is 0 Å². The second-order valence-corrected chi connectivity index (χ2v) is 4.29. The van der Waals surface area contributed by atoms with E-state index >= 15 is 0 Å². The van der Waals surface area contributed by atoms with Crippen molar-refractivity contribution < 1.29 is 0 Å². The van der Waals surface area contributed by atoms with Gasteiger partial charge < -0.3 is 5.32 Å². The Labute approximate surface area is 87.5 Å². The van der Waals surface area contributed by atoms with Gasteiger partial charge in [-0.15, -0.1) is 0 Å². The number of nitrogens with one attached hydrogen (secondary N) is 1. The van der Waals surface area contributed by atoms with Crippen molar-refractivity contribution in [3.63, 3.8) is 0 Å². The van der Waals surface area contributed by atoms with Crippen molar-refractivity contribution in [1.82, 2.24) is 5.32 Å². The summed E-state index contributed by atoms with van der Waals surface area (Å²) in [6, 6.07) is 8.55. The average Bonchev–Trinajstić information content (AvgIpc) is 2.15. The first-order chi connectivity index (χ1) is 6.70. The predicted octanol–water partition coefficient (Wildman–Crippen LogP) is 3.13. The molecule has 1 heteroatoms. The lowest BCUT2D eigenvalue weighted by Crippen LogP contribution is -2.16. The van der Waals surface area contributed by atoms with E-state index in [0.717, 1.165) is 19.0 Å². The van der Waals surface area contributed by atoms with Crippen LogP contribution in [0.4, 0.5) is 0 Å². The number of benzene rings is 1. The second kappa shape index (κ2) is 5.82. The summed E-state index contributed by atoms with van der Waals surface area (Å²) in [6.07, 6.45) is 1.26. The van der Waals surface area contributed by atoms with E-state index in [9.17, 15) is 0 Å². The van der Waals surface area contributed by atoms with Crippen LogP contribution in [0, 0.1) is 12.8 Å². The molecule has 0 saturated heterocycles. The summed E-state index contributed by atoms with van der Waals surface area (Å²) in [4.78, 5) is 0. The fourth-order valence-electron chi connectivity index (χ4n) is 1.42. The third-order valence-corrected chi connectivity index (χ3v) is 2.48. The van der Waals surface area contributed by atoms with E-state index < -0.39 is 0 Å². The van der Waals surface area contributed by atoms with Gasteiger partial charge in [0.2, 0.25) is 0 Å². The molecule has 0 radical (unpaired) electrons. The molecule has 0 amide bonds. The lowest BCUT2D eigenvalue weighted by atomic mass is 10.1. The number of hydrogen-bond donors (Lipinski definition) is 1. The Hall–Kier alpha value is -0.820. The van der Waals surface area contributed by atoms with Gasteiger partial charge in [0.25, 0.3) is 0 Å². The van der Waals surface area contributed by atoms with Crippen LogP contribution in [-0.4, -0.2) is 6.54 Å².